The van der Waals surface area contributed by atoms with Crippen molar-refractivity contribution in [3.05, 3.63) is 62.6 Å². The molecule has 0 saturated heterocycles. The summed E-state index contributed by atoms with van der Waals surface area (Å²) in [5.74, 6) is 0.0207. The molecule has 1 atom stereocenters. The topological polar surface area (TPSA) is 55.1 Å². The van der Waals surface area contributed by atoms with Crippen LogP contribution in [0.15, 0.2) is 40.9 Å². The van der Waals surface area contributed by atoms with Crippen LogP contribution in [0.3, 0.4) is 0 Å². The van der Waals surface area contributed by atoms with Crippen molar-refractivity contribution in [3.8, 4) is 0 Å². The average Bonchev–Trinajstić information content (AvgIpc) is 2.77. The highest BCUT2D eigenvalue weighted by Crippen LogP contribution is 2.32. The van der Waals surface area contributed by atoms with Crippen LogP contribution in [-0.2, 0) is 11.2 Å². The van der Waals surface area contributed by atoms with Crippen LogP contribution in [-0.4, -0.2) is 5.91 Å². The molecule has 0 aliphatic carbocycles. The Kier molecular flexibility index (Phi) is 3.54. The van der Waals surface area contributed by atoms with Crippen molar-refractivity contribution < 1.29 is 4.79 Å². The Morgan fingerprint density at radius 2 is 2.05 bits per heavy atom. The Bertz CT molecular complexity index is 702. The van der Waals surface area contributed by atoms with Gasteiger partial charge in [0.05, 0.1) is 12.5 Å². The van der Waals surface area contributed by atoms with E-state index in [2.05, 4.69) is 21.2 Å². The minimum absolute atomic E-state index is 0.0207. The molecule has 0 spiro atoms. The van der Waals surface area contributed by atoms with E-state index in [4.69, 9.17) is 17.3 Å². The smallest absolute Gasteiger partial charge is 0.228 e. The summed E-state index contributed by atoms with van der Waals surface area (Å²) in [6, 6.07) is 11.1. The van der Waals surface area contributed by atoms with E-state index in [1.165, 1.54) is 0 Å². The molecule has 0 bridgehead atoms. The largest absolute Gasteiger partial charge is 0.326 e. The number of nitrogens with one attached hydrogen (secondary N) is 1. The maximum Gasteiger partial charge on any atom is 0.228 e. The molecule has 3 rings (SSSR count). The monoisotopic (exact) mass is 350 g/mol. The zero-order valence-corrected chi connectivity index (χ0v) is 12.8. The Balaban J connectivity index is 1.97. The average molecular weight is 352 g/mol. The van der Waals surface area contributed by atoms with Crippen molar-refractivity contribution in [2.24, 2.45) is 5.73 Å². The highest BCUT2D eigenvalue weighted by Gasteiger charge is 2.20. The molecule has 0 saturated carbocycles. The van der Waals surface area contributed by atoms with E-state index >= 15 is 0 Å². The maximum atomic E-state index is 11.4. The van der Waals surface area contributed by atoms with E-state index in [1.807, 2.05) is 36.4 Å². The molecule has 1 heterocycles. The van der Waals surface area contributed by atoms with Gasteiger partial charge < -0.3 is 11.1 Å². The van der Waals surface area contributed by atoms with Crippen LogP contribution in [0.2, 0.25) is 5.02 Å². The van der Waals surface area contributed by atoms with Crippen molar-refractivity contribution in [2.75, 3.05) is 5.32 Å². The molecule has 0 radical (unpaired) electrons. The molecule has 1 aliphatic heterocycles. The van der Waals surface area contributed by atoms with Crippen molar-refractivity contribution in [3.63, 3.8) is 0 Å². The first-order chi connectivity index (χ1) is 9.54. The summed E-state index contributed by atoms with van der Waals surface area (Å²) < 4.78 is 0.919. The third kappa shape index (κ3) is 2.46. The molecule has 0 fully saturated rings. The molecule has 1 amide bonds. The van der Waals surface area contributed by atoms with Crippen LogP contribution in [0.25, 0.3) is 0 Å². The van der Waals surface area contributed by atoms with E-state index < -0.39 is 0 Å². The predicted molar refractivity (Wildman–Crippen MR) is 84.0 cm³/mol. The van der Waals surface area contributed by atoms with E-state index in [0.717, 1.165) is 26.9 Å². The molecule has 20 heavy (non-hydrogen) atoms. The highest BCUT2D eigenvalue weighted by molar-refractivity contribution is 9.10. The Morgan fingerprint density at radius 1 is 1.25 bits per heavy atom. The molecular formula is C15H12BrClN2O. The summed E-state index contributed by atoms with van der Waals surface area (Å²) in [6.45, 7) is 0. The molecular weight excluding hydrogens is 340 g/mol. The lowest BCUT2D eigenvalue weighted by molar-refractivity contribution is -0.115. The van der Waals surface area contributed by atoms with Gasteiger partial charge in [0.2, 0.25) is 5.91 Å². The van der Waals surface area contributed by atoms with Gasteiger partial charge >= 0.3 is 0 Å². The summed E-state index contributed by atoms with van der Waals surface area (Å²) in [5, 5.41) is 3.44. The fourth-order valence-corrected chi connectivity index (χ4v) is 3.17. The van der Waals surface area contributed by atoms with Crippen LogP contribution < -0.4 is 11.1 Å². The summed E-state index contributed by atoms with van der Waals surface area (Å²) >= 11 is 9.62. The molecule has 1 aliphatic rings. The lowest BCUT2D eigenvalue weighted by Crippen LogP contribution is -2.12. The van der Waals surface area contributed by atoms with Crippen molar-refractivity contribution in [1.82, 2.24) is 0 Å². The van der Waals surface area contributed by atoms with E-state index in [1.54, 1.807) is 0 Å². The van der Waals surface area contributed by atoms with Crippen molar-refractivity contribution >= 4 is 39.1 Å². The van der Waals surface area contributed by atoms with Gasteiger partial charge in [-0.1, -0.05) is 45.7 Å². The standard InChI is InChI=1S/C15H12BrClN2O/c16-10-2-3-11(12(17)7-10)15(18)8-1-4-13-9(5-8)6-14(20)19-13/h1-5,7,15H,6,18H2,(H,19,20). The van der Waals surface area contributed by atoms with Crippen LogP contribution in [0, 0.1) is 0 Å². The van der Waals surface area contributed by atoms with Gasteiger partial charge in [-0.3, -0.25) is 4.79 Å². The van der Waals surface area contributed by atoms with Gasteiger partial charge in [0, 0.05) is 15.2 Å². The number of rotatable bonds is 2. The number of hydrogen-bond donors (Lipinski definition) is 2. The summed E-state index contributed by atoms with van der Waals surface area (Å²) in [5.41, 5.74) is 9.96. The van der Waals surface area contributed by atoms with Gasteiger partial charge in [0.1, 0.15) is 0 Å². The third-order valence-electron chi connectivity index (χ3n) is 3.41. The number of amides is 1. The fourth-order valence-electron chi connectivity index (χ4n) is 2.38. The summed E-state index contributed by atoms with van der Waals surface area (Å²) in [7, 11) is 0. The molecule has 102 valence electrons. The van der Waals surface area contributed by atoms with E-state index in [-0.39, 0.29) is 11.9 Å². The van der Waals surface area contributed by atoms with Crippen molar-refractivity contribution in [2.45, 2.75) is 12.5 Å². The number of anilines is 1. The van der Waals surface area contributed by atoms with Gasteiger partial charge in [-0.05, 0) is 34.9 Å². The highest BCUT2D eigenvalue weighted by atomic mass is 79.9. The van der Waals surface area contributed by atoms with Gasteiger partial charge in [0.15, 0.2) is 0 Å². The SMILES string of the molecule is NC(c1ccc2c(c1)CC(=O)N2)c1ccc(Br)cc1Cl. The number of carbonyl (C=O) groups is 1. The number of hydrogen-bond acceptors (Lipinski definition) is 2. The molecule has 0 aromatic heterocycles. The first-order valence-corrected chi connectivity index (χ1v) is 7.35. The Labute approximate surface area is 130 Å². The minimum Gasteiger partial charge on any atom is -0.326 e. The second-order valence-corrected chi connectivity index (χ2v) is 6.11. The number of carbonyl (C=O) groups excluding carboxylic acids is 1. The normalized spacial score (nSPS) is 14.8. The Hall–Kier alpha value is -1.36. The third-order valence-corrected chi connectivity index (χ3v) is 4.23. The molecule has 2 aromatic carbocycles. The lowest BCUT2D eigenvalue weighted by atomic mass is 9.97. The second-order valence-electron chi connectivity index (χ2n) is 4.79. The Morgan fingerprint density at radius 3 is 2.80 bits per heavy atom. The van der Waals surface area contributed by atoms with E-state index in [0.29, 0.717) is 11.4 Å². The maximum absolute atomic E-state index is 11.4. The van der Waals surface area contributed by atoms with Gasteiger partial charge in [-0.2, -0.15) is 0 Å². The number of benzene rings is 2. The fraction of sp³-hybridized carbons (Fsp3) is 0.133. The second kappa shape index (κ2) is 5.20. The number of fused-ring (bicyclic) bond motifs is 1. The quantitative estimate of drug-likeness (QED) is 0.868. The predicted octanol–water partition coefficient (Wildman–Crippen LogP) is 3.65. The molecule has 2 aromatic rings. The van der Waals surface area contributed by atoms with Gasteiger partial charge in [0.25, 0.3) is 0 Å². The molecule has 3 N–H and O–H groups in total. The van der Waals surface area contributed by atoms with Crippen LogP contribution >= 0.6 is 27.5 Å². The molecule has 5 heteroatoms. The zero-order valence-electron chi connectivity index (χ0n) is 10.5. The van der Waals surface area contributed by atoms with Gasteiger partial charge in [-0.15, -0.1) is 0 Å². The number of halogens is 2. The summed E-state index contributed by atoms with van der Waals surface area (Å²) in [4.78, 5) is 11.4. The summed E-state index contributed by atoms with van der Waals surface area (Å²) in [6.07, 6.45) is 0.407. The number of nitrogens with two attached hydrogens (primary N) is 1. The molecule has 3 nitrogen and oxygen atoms in total. The van der Waals surface area contributed by atoms with Crippen molar-refractivity contribution in [1.29, 1.82) is 0 Å². The lowest BCUT2D eigenvalue weighted by Gasteiger charge is -2.15. The first kappa shape index (κ1) is 13.6. The molecule has 1 unspecified atom stereocenters. The van der Waals surface area contributed by atoms with Crippen LogP contribution in [0.1, 0.15) is 22.7 Å². The van der Waals surface area contributed by atoms with Gasteiger partial charge in [-0.25, -0.2) is 0 Å². The van der Waals surface area contributed by atoms with E-state index in [9.17, 15) is 4.79 Å². The zero-order chi connectivity index (χ0) is 14.3. The minimum atomic E-state index is -0.309. The van der Waals surface area contributed by atoms with Crippen LogP contribution in [0.4, 0.5) is 5.69 Å². The van der Waals surface area contributed by atoms with Crippen LogP contribution in [0.5, 0.6) is 0 Å². The first-order valence-electron chi connectivity index (χ1n) is 6.18.